The van der Waals surface area contributed by atoms with Crippen LogP contribution in [-0.4, -0.2) is 39.7 Å². The maximum atomic E-state index is 13.0. The third kappa shape index (κ3) is 2.36. The van der Waals surface area contributed by atoms with Gasteiger partial charge in [0.05, 0.1) is 11.9 Å². The normalized spacial score (nSPS) is 29.4. The molecule has 3 atom stereocenters. The Morgan fingerprint density at radius 2 is 1.95 bits per heavy atom. The minimum Gasteiger partial charge on any atom is -0.384 e. The third-order valence-electron chi connectivity index (χ3n) is 4.19. The molecular formula is C14H20FNO3S. The smallest absolute Gasteiger partial charge is 0.154 e. The van der Waals surface area contributed by atoms with Gasteiger partial charge in [-0.3, -0.25) is 0 Å². The van der Waals surface area contributed by atoms with E-state index >= 15 is 0 Å². The summed E-state index contributed by atoms with van der Waals surface area (Å²) >= 11 is 0. The van der Waals surface area contributed by atoms with Gasteiger partial charge in [-0.15, -0.1) is 0 Å². The van der Waals surface area contributed by atoms with E-state index in [0.717, 1.165) is 5.56 Å². The molecule has 0 aromatic heterocycles. The van der Waals surface area contributed by atoms with Crippen molar-refractivity contribution >= 4 is 9.84 Å². The Morgan fingerprint density at radius 3 is 2.40 bits per heavy atom. The van der Waals surface area contributed by atoms with Crippen molar-refractivity contribution in [2.45, 2.75) is 18.1 Å². The van der Waals surface area contributed by atoms with Gasteiger partial charge in [0, 0.05) is 30.7 Å². The second-order valence-electron chi connectivity index (χ2n) is 5.27. The third-order valence-corrected chi connectivity index (χ3v) is 6.51. The van der Waals surface area contributed by atoms with Gasteiger partial charge in [0.1, 0.15) is 5.82 Å². The number of sulfone groups is 1. The van der Waals surface area contributed by atoms with E-state index in [1.54, 1.807) is 19.1 Å². The van der Waals surface area contributed by atoms with Crippen LogP contribution < -0.4 is 5.73 Å². The molecule has 112 valence electrons. The Kier molecular flexibility index (Phi) is 4.18. The predicted octanol–water partition coefficient (Wildman–Crippen LogP) is 1.32. The summed E-state index contributed by atoms with van der Waals surface area (Å²) in [5.41, 5.74) is 6.04. The Bertz CT molecular complexity index is 573. The Morgan fingerprint density at radius 1 is 1.35 bits per heavy atom. The molecular weight excluding hydrogens is 281 g/mol. The van der Waals surface area contributed by atoms with E-state index in [9.17, 15) is 12.8 Å². The quantitative estimate of drug-likeness (QED) is 0.860. The molecule has 1 aromatic carbocycles. The predicted molar refractivity (Wildman–Crippen MR) is 75.8 cm³/mol. The lowest BCUT2D eigenvalue weighted by Gasteiger charge is -2.14. The largest absolute Gasteiger partial charge is 0.384 e. The molecule has 0 heterocycles. The fraction of sp³-hybridized carbons (Fsp3) is 0.571. The van der Waals surface area contributed by atoms with Crippen molar-refractivity contribution in [3.8, 4) is 0 Å². The van der Waals surface area contributed by atoms with Crippen LogP contribution in [0.4, 0.5) is 4.39 Å². The van der Waals surface area contributed by atoms with Crippen molar-refractivity contribution in [1.29, 1.82) is 0 Å². The number of rotatable bonds is 6. The number of ether oxygens (including phenoxy) is 1. The highest BCUT2D eigenvalue weighted by Gasteiger charge is 2.69. The first-order chi connectivity index (χ1) is 9.43. The van der Waals surface area contributed by atoms with E-state index in [0.29, 0.717) is 0 Å². The summed E-state index contributed by atoms with van der Waals surface area (Å²) in [5, 5.41) is -0.546. The molecule has 0 saturated heterocycles. The summed E-state index contributed by atoms with van der Waals surface area (Å²) in [6, 6.07) is 5.95. The van der Waals surface area contributed by atoms with Crippen molar-refractivity contribution in [3.63, 3.8) is 0 Å². The van der Waals surface area contributed by atoms with Crippen LogP contribution in [0.5, 0.6) is 0 Å². The fourth-order valence-corrected chi connectivity index (χ4v) is 5.27. The zero-order chi connectivity index (χ0) is 15.0. The van der Waals surface area contributed by atoms with Gasteiger partial charge in [-0.1, -0.05) is 19.1 Å². The maximum Gasteiger partial charge on any atom is 0.154 e. The molecule has 1 saturated carbocycles. The second-order valence-corrected chi connectivity index (χ2v) is 7.68. The highest BCUT2D eigenvalue weighted by atomic mass is 32.2. The molecule has 2 rings (SSSR count). The first-order valence-electron chi connectivity index (χ1n) is 6.59. The van der Waals surface area contributed by atoms with E-state index in [1.807, 2.05) is 0 Å². The average molecular weight is 301 g/mol. The summed E-state index contributed by atoms with van der Waals surface area (Å²) < 4.78 is 42.8. The van der Waals surface area contributed by atoms with E-state index in [1.165, 1.54) is 19.2 Å². The number of hydrogen-bond donors (Lipinski definition) is 1. The zero-order valence-electron chi connectivity index (χ0n) is 11.7. The highest BCUT2D eigenvalue weighted by molar-refractivity contribution is 7.92. The van der Waals surface area contributed by atoms with Crippen molar-refractivity contribution in [3.05, 3.63) is 35.6 Å². The first-order valence-corrected chi connectivity index (χ1v) is 8.30. The zero-order valence-corrected chi connectivity index (χ0v) is 12.5. The molecule has 20 heavy (non-hydrogen) atoms. The van der Waals surface area contributed by atoms with Gasteiger partial charge < -0.3 is 10.5 Å². The van der Waals surface area contributed by atoms with Crippen molar-refractivity contribution in [1.82, 2.24) is 0 Å². The maximum absolute atomic E-state index is 13.0. The summed E-state index contributed by atoms with van der Waals surface area (Å²) in [5.74, 6) is -0.492. The van der Waals surface area contributed by atoms with Gasteiger partial charge in [0.2, 0.25) is 0 Å². The molecule has 6 heteroatoms. The Balaban J connectivity index is 2.42. The van der Waals surface area contributed by atoms with Gasteiger partial charge >= 0.3 is 0 Å². The molecule has 2 N–H and O–H groups in total. The van der Waals surface area contributed by atoms with Crippen LogP contribution in [0.1, 0.15) is 18.4 Å². The monoisotopic (exact) mass is 301 g/mol. The van der Waals surface area contributed by atoms with Crippen molar-refractivity contribution in [2.24, 2.45) is 11.1 Å². The van der Waals surface area contributed by atoms with Gasteiger partial charge in [-0.25, -0.2) is 12.8 Å². The van der Waals surface area contributed by atoms with Gasteiger partial charge in [0.25, 0.3) is 0 Å². The summed E-state index contributed by atoms with van der Waals surface area (Å²) in [7, 11) is -1.69. The lowest BCUT2D eigenvalue weighted by atomic mass is 10.00. The topological polar surface area (TPSA) is 69.4 Å². The van der Waals surface area contributed by atoms with E-state index in [4.69, 9.17) is 10.5 Å². The summed E-state index contributed by atoms with van der Waals surface area (Å²) in [6.07, 6.45) is 0. The van der Waals surface area contributed by atoms with Crippen LogP contribution in [0, 0.1) is 11.2 Å². The summed E-state index contributed by atoms with van der Waals surface area (Å²) in [6.45, 7) is 2.14. The van der Waals surface area contributed by atoms with Crippen LogP contribution in [0.3, 0.4) is 0 Å². The lowest BCUT2D eigenvalue weighted by molar-refractivity contribution is 0.142. The molecule has 1 aliphatic rings. The van der Waals surface area contributed by atoms with Crippen LogP contribution >= 0.6 is 0 Å². The SMILES string of the molecule is CCS(=O)(=O)C1C(c2ccc(F)cc2)C1(CN)COC. The molecule has 0 bridgehead atoms. The van der Waals surface area contributed by atoms with Gasteiger partial charge in [-0.05, 0) is 17.7 Å². The lowest BCUT2D eigenvalue weighted by Crippen LogP contribution is -2.28. The Hall–Kier alpha value is -0.980. The second kappa shape index (κ2) is 5.42. The number of nitrogens with two attached hydrogens (primary N) is 1. The van der Waals surface area contributed by atoms with Crippen LogP contribution in [0.2, 0.25) is 0 Å². The van der Waals surface area contributed by atoms with Gasteiger partial charge in [0.15, 0.2) is 9.84 Å². The Labute approximate surface area is 119 Å². The number of methoxy groups -OCH3 is 1. The van der Waals surface area contributed by atoms with Crippen molar-refractivity contribution < 1.29 is 17.5 Å². The highest BCUT2D eigenvalue weighted by Crippen LogP contribution is 2.62. The molecule has 1 fully saturated rings. The minimum atomic E-state index is -3.23. The fourth-order valence-electron chi connectivity index (χ4n) is 3.12. The molecule has 1 aromatic rings. The first kappa shape index (κ1) is 15.4. The average Bonchev–Trinajstić information content (AvgIpc) is 3.10. The molecule has 0 amide bonds. The minimum absolute atomic E-state index is 0.0703. The molecule has 3 unspecified atom stereocenters. The molecule has 4 nitrogen and oxygen atoms in total. The van der Waals surface area contributed by atoms with E-state index in [-0.39, 0.29) is 30.6 Å². The molecule has 0 radical (unpaired) electrons. The molecule has 1 aliphatic carbocycles. The van der Waals surface area contributed by atoms with E-state index < -0.39 is 20.5 Å². The standard InChI is InChI=1S/C14H20FNO3S/c1-3-20(17,18)13-12(14(13,8-16)9-19-2)10-4-6-11(15)7-5-10/h4-7,12-13H,3,8-9,16H2,1-2H3. The molecule has 0 spiro atoms. The number of hydrogen-bond acceptors (Lipinski definition) is 4. The van der Waals surface area contributed by atoms with Gasteiger partial charge in [-0.2, -0.15) is 0 Å². The molecule has 0 aliphatic heterocycles. The number of benzene rings is 1. The summed E-state index contributed by atoms with van der Waals surface area (Å²) in [4.78, 5) is 0. The van der Waals surface area contributed by atoms with Crippen LogP contribution in [0.15, 0.2) is 24.3 Å². The van der Waals surface area contributed by atoms with Crippen LogP contribution in [0.25, 0.3) is 0 Å². The van der Waals surface area contributed by atoms with Crippen molar-refractivity contribution in [2.75, 3.05) is 26.0 Å². The van der Waals surface area contributed by atoms with Crippen LogP contribution in [-0.2, 0) is 14.6 Å². The number of halogens is 1. The van der Waals surface area contributed by atoms with E-state index in [2.05, 4.69) is 0 Å².